The highest BCUT2D eigenvalue weighted by Gasteiger charge is 2.21. The van der Waals surface area contributed by atoms with E-state index in [1.165, 1.54) is 0 Å². The Labute approximate surface area is 221 Å². The van der Waals surface area contributed by atoms with Crippen LogP contribution in [0.3, 0.4) is 0 Å². The van der Waals surface area contributed by atoms with Crippen LogP contribution in [0.4, 0.5) is 0 Å². The van der Waals surface area contributed by atoms with Gasteiger partial charge in [-0.2, -0.15) is 5.06 Å². The minimum Gasteiger partial charge on any atom is -0.508 e. The van der Waals surface area contributed by atoms with Gasteiger partial charge in [0.05, 0.1) is 44.1 Å². The number of nitrogens with zero attached hydrogens (tertiary/aromatic N) is 2. The van der Waals surface area contributed by atoms with Crippen molar-refractivity contribution in [1.29, 1.82) is 0 Å². The fourth-order valence-corrected chi connectivity index (χ4v) is 4.73. The first-order chi connectivity index (χ1) is 18.5. The molecule has 0 aliphatic carbocycles. The van der Waals surface area contributed by atoms with Crippen molar-refractivity contribution >= 4 is 16.8 Å². The lowest BCUT2D eigenvalue weighted by molar-refractivity contribution is -0.194. The Balaban J connectivity index is 1.26. The number of fused-ring (bicyclic) bond motifs is 1. The van der Waals surface area contributed by atoms with Crippen molar-refractivity contribution in [2.75, 3.05) is 39.5 Å². The van der Waals surface area contributed by atoms with Crippen molar-refractivity contribution in [3.05, 3.63) is 77.9 Å². The molecule has 8 nitrogen and oxygen atoms in total. The third-order valence-corrected chi connectivity index (χ3v) is 6.67. The quantitative estimate of drug-likeness (QED) is 0.304. The van der Waals surface area contributed by atoms with Crippen LogP contribution in [-0.4, -0.2) is 65.3 Å². The molecule has 0 unspecified atom stereocenters. The topological polar surface area (TPSA) is 93.4 Å². The molecule has 1 aliphatic heterocycles. The normalized spacial score (nSPS) is 14.1. The second kappa shape index (κ2) is 11.7. The molecule has 4 aromatic rings. The van der Waals surface area contributed by atoms with Crippen molar-refractivity contribution in [2.24, 2.45) is 0 Å². The standard InChI is InChI=1S/C30H32N2O6/c1-21-27-20-25(34)9-12-28(27)32(30(21)23-5-7-24(33)8-6-23)29(35)19-22-3-10-26(11-4-22)37-15-2-16-38-31-13-17-36-18-14-31/h3-12,20,33-34H,2,13-19H2,1H3. The number of aryl methyl sites for hydroxylation is 1. The molecule has 38 heavy (non-hydrogen) atoms. The molecule has 0 amide bonds. The predicted octanol–water partition coefficient (Wildman–Crippen LogP) is 4.94. The first kappa shape index (κ1) is 25.8. The van der Waals surface area contributed by atoms with Gasteiger partial charge >= 0.3 is 0 Å². The summed E-state index contributed by atoms with van der Waals surface area (Å²) < 4.78 is 12.9. The van der Waals surface area contributed by atoms with Gasteiger partial charge in [-0.25, -0.2) is 0 Å². The summed E-state index contributed by atoms with van der Waals surface area (Å²) in [6.07, 6.45) is 0.968. The zero-order valence-electron chi connectivity index (χ0n) is 21.4. The minimum absolute atomic E-state index is 0.0919. The Kier molecular flexibility index (Phi) is 7.93. The van der Waals surface area contributed by atoms with Crippen LogP contribution < -0.4 is 4.74 Å². The number of rotatable bonds is 9. The molecule has 1 aliphatic rings. The molecule has 198 valence electrons. The van der Waals surface area contributed by atoms with Gasteiger partial charge in [0.25, 0.3) is 0 Å². The molecule has 0 atom stereocenters. The molecule has 0 radical (unpaired) electrons. The summed E-state index contributed by atoms with van der Waals surface area (Å²) in [6.45, 7) is 6.06. The third kappa shape index (κ3) is 5.83. The van der Waals surface area contributed by atoms with E-state index >= 15 is 0 Å². The van der Waals surface area contributed by atoms with Crippen molar-refractivity contribution < 1.29 is 29.3 Å². The molecule has 1 fully saturated rings. The molecule has 0 spiro atoms. The van der Waals surface area contributed by atoms with Crippen LogP contribution in [0.15, 0.2) is 66.7 Å². The Hall–Kier alpha value is -3.85. The monoisotopic (exact) mass is 516 g/mol. The van der Waals surface area contributed by atoms with Crippen molar-refractivity contribution in [2.45, 2.75) is 19.8 Å². The number of aromatic hydroxyl groups is 2. The van der Waals surface area contributed by atoms with Crippen LogP contribution in [0.1, 0.15) is 22.3 Å². The number of hydrogen-bond acceptors (Lipinski definition) is 7. The fraction of sp³-hybridized carbons (Fsp3) is 0.300. The van der Waals surface area contributed by atoms with Gasteiger partial charge in [0.1, 0.15) is 17.2 Å². The van der Waals surface area contributed by atoms with E-state index in [4.69, 9.17) is 14.3 Å². The van der Waals surface area contributed by atoms with Gasteiger partial charge in [-0.1, -0.05) is 12.1 Å². The largest absolute Gasteiger partial charge is 0.508 e. The third-order valence-electron chi connectivity index (χ3n) is 6.67. The molecule has 8 heteroatoms. The predicted molar refractivity (Wildman–Crippen MR) is 145 cm³/mol. The van der Waals surface area contributed by atoms with E-state index in [9.17, 15) is 15.0 Å². The van der Waals surface area contributed by atoms with Crippen LogP contribution in [0, 0.1) is 6.92 Å². The Morgan fingerprint density at radius 2 is 1.63 bits per heavy atom. The summed E-state index contributed by atoms with van der Waals surface area (Å²) in [7, 11) is 0. The number of carbonyl (C=O) groups is 1. The van der Waals surface area contributed by atoms with Crippen LogP contribution in [0.2, 0.25) is 0 Å². The highest BCUT2D eigenvalue weighted by Crippen LogP contribution is 2.36. The lowest BCUT2D eigenvalue weighted by atomic mass is 10.1. The van der Waals surface area contributed by atoms with Gasteiger partial charge in [-0.15, -0.1) is 0 Å². The zero-order chi connectivity index (χ0) is 26.5. The van der Waals surface area contributed by atoms with Crippen molar-refractivity contribution in [1.82, 2.24) is 9.63 Å². The fourth-order valence-electron chi connectivity index (χ4n) is 4.73. The maximum Gasteiger partial charge on any atom is 0.236 e. The lowest BCUT2D eigenvalue weighted by Gasteiger charge is -2.25. The first-order valence-electron chi connectivity index (χ1n) is 12.8. The van der Waals surface area contributed by atoms with Crippen molar-refractivity contribution in [3.8, 4) is 28.5 Å². The van der Waals surface area contributed by atoms with Crippen molar-refractivity contribution in [3.63, 3.8) is 0 Å². The molecule has 3 aromatic carbocycles. The number of ether oxygens (including phenoxy) is 2. The van der Waals surface area contributed by atoms with E-state index in [-0.39, 0.29) is 23.8 Å². The summed E-state index contributed by atoms with van der Waals surface area (Å²) in [6, 6.07) is 19.4. The summed E-state index contributed by atoms with van der Waals surface area (Å²) in [5.41, 5.74) is 4.04. The Bertz CT molecular complexity index is 1390. The second-order valence-corrected chi connectivity index (χ2v) is 9.35. The Morgan fingerprint density at radius 1 is 0.921 bits per heavy atom. The summed E-state index contributed by atoms with van der Waals surface area (Å²) >= 11 is 0. The SMILES string of the molecule is Cc1c(-c2ccc(O)cc2)n(C(=O)Cc2ccc(OCCCON3CCOCC3)cc2)c2ccc(O)cc12. The molecule has 1 aromatic heterocycles. The molecule has 2 heterocycles. The maximum atomic E-state index is 13.6. The number of hydrogen-bond donors (Lipinski definition) is 2. The second-order valence-electron chi connectivity index (χ2n) is 9.35. The zero-order valence-corrected chi connectivity index (χ0v) is 21.4. The van der Waals surface area contributed by atoms with E-state index in [0.717, 1.165) is 58.5 Å². The van der Waals surface area contributed by atoms with Gasteiger partial charge in [-0.05, 0) is 78.2 Å². The maximum absolute atomic E-state index is 13.6. The van der Waals surface area contributed by atoms with E-state index < -0.39 is 0 Å². The molecule has 1 saturated heterocycles. The highest BCUT2D eigenvalue weighted by atomic mass is 16.7. The number of morpholine rings is 1. The van der Waals surface area contributed by atoms with Crippen LogP contribution >= 0.6 is 0 Å². The number of carbonyl (C=O) groups excluding carboxylic acids is 1. The van der Waals surface area contributed by atoms with Crippen LogP contribution in [0.25, 0.3) is 22.2 Å². The summed E-state index contributed by atoms with van der Waals surface area (Å²) in [5, 5.41) is 22.5. The molecule has 0 bridgehead atoms. The molecular formula is C30H32N2O6. The van der Waals surface area contributed by atoms with E-state index in [2.05, 4.69) is 0 Å². The average Bonchev–Trinajstić information content (AvgIpc) is 3.22. The first-order valence-corrected chi connectivity index (χ1v) is 12.8. The van der Waals surface area contributed by atoms with Gasteiger partial charge < -0.3 is 19.7 Å². The number of phenols is 2. The van der Waals surface area contributed by atoms with E-state index in [1.54, 1.807) is 47.0 Å². The average molecular weight is 517 g/mol. The number of benzene rings is 3. The number of aromatic nitrogens is 1. The van der Waals surface area contributed by atoms with E-state index in [1.807, 2.05) is 36.3 Å². The molecule has 0 saturated carbocycles. The van der Waals surface area contributed by atoms with Gasteiger partial charge in [0.15, 0.2) is 0 Å². The minimum atomic E-state index is -0.0919. The summed E-state index contributed by atoms with van der Waals surface area (Å²) in [5.74, 6) is 0.955. The molecule has 2 N–H and O–H groups in total. The Morgan fingerprint density at radius 3 is 2.37 bits per heavy atom. The smallest absolute Gasteiger partial charge is 0.236 e. The number of hydroxylamine groups is 2. The molecular weight excluding hydrogens is 484 g/mol. The molecule has 5 rings (SSSR count). The van der Waals surface area contributed by atoms with Gasteiger partial charge in [0.2, 0.25) is 5.91 Å². The summed E-state index contributed by atoms with van der Waals surface area (Å²) in [4.78, 5) is 19.4. The highest BCUT2D eigenvalue weighted by molar-refractivity contribution is 6.02. The van der Waals surface area contributed by atoms with Gasteiger partial charge in [0, 0.05) is 24.9 Å². The van der Waals surface area contributed by atoms with Crippen LogP contribution in [-0.2, 0) is 16.0 Å². The van der Waals surface area contributed by atoms with Crippen LogP contribution in [0.5, 0.6) is 17.2 Å². The lowest BCUT2D eigenvalue weighted by Crippen LogP contribution is -2.36. The number of phenolic OH excluding ortho intramolecular Hbond substituents is 2. The van der Waals surface area contributed by atoms with E-state index in [0.29, 0.717) is 26.4 Å². The van der Waals surface area contributed by atoms with Gasteiger partial charge in [-0.3, -0.25) is 14.2 Å².